The van der Waals surface area contributed by atoms with Crippen LogP contribution in [0.1, 0.15) is 25.2 Å². The van der Waals surface area contributed by atoms with Crippen LogP contribution in [0.2, 0.25) is 5.02 Å². The Bertz CT molecular complexity index is 532. The molecule has 0 aliphatic carbocycles. The van der Waals surface area contributed by atoms with Crippen LogP contribution in [-0.2, 0) is 12.8 Å². The first-order valence-electron chi connectivity index (χ1n) is 6.18. The minimum absolute atomic E-state index is 0.145. The summed E-state index contributed by atoms with van der Waals surface area (Å²) in [5.41, 5.74) is 7.93. The van der Waals surface area contributed by atoms with Gasteiger partial charge in [0, 0.05) is 24.9 Å². The lowest BCUT2D eigenvalue weighted by Gasteiger charge is -2.11. The number of benzene rings is 1. The lowest BCUT2D eigenvalue weighted by molar-refractivity contribution is 0.738. The van der Waals surface area contributed by atoms with E-state index in [2.05, 4.69) is 18.0 Å². The fraction of sp³-hybridized carbons (Fsp3) is 0.357. The Labute approximate surface area is 113 Å². The number of rotatable bonds is 4. The molecule has 0 amide bonds. The molecule has 0 saturated heterocycles. The van der Waals surface area contributed by atoms with E-state index in [9.17, 15) is 0 Å². The molecular formula is C14H18ClN3. The lowest BCUT2D eigenvalue weighted by atomic mass is 10.1. The summed E-state index contributed by atoms with van der Waals surface area (Å²) in [5, 5.41) is 0.737. The summed E-state index contributed by atoms with van der Waals surface area (Å²) in [7, 11) is 0. The molecule has 2 N–H and O–H groups in total. The Morgan fingerprint density at radius 3 is 2.83 bits per heavy atom. The molecule has 1 aromatic heterocycles. The molecule has 18 heavy (non-hydrogen) atoms. The Balaban J connectivity index is 2.35. The van der Waals surface area contributed by atoms with Crippen LogP contribution in [0.15, 0.2) is 30.6 Å². The summed E-state index contributed by atoms with van der Waals surface area (Å²) in [5.74, 6) is 1.01. The predicted octanol–water partition coefficient (Wildman–Crippen LogP) is 2.98. The first-order valence-corrected chi connectivity index (χ1v) is 6.56. The van der Waals surface area contributed by atoms with Crippen molar-refractivity contribution >= 4 is 11.6 Å². The average molecular weight is 264 g/mol. The molecule has 96 valence electrons. The smallest absolute Gasteiger partial charge is 0.112 e. The number of nitrogens with zero attached hydrogens (tertiary/aromatic N) is 2. The molecular weight excluding hydrogens is 246 g/mol. The third-order valence-electron chi connectivity index (χ3n) is 2.86. The van der Waals surface area contributed by atoms with Crippen LogP contribution in [0.4, 0.5) is 0 Å². The molecule has 1 atom stereocenters. The van der Waals surface area contributed by atoms with Gasteiger partial charge in [-0.3, -0.25) is 0 Å². The number of imidazole rings is 1. The highest BCUT2D eigenvalue weighted by molar-refractivity contribution is 6.32. The van der Waals surface area contributed by atoms with Crippen molar-refractivity contribution < 1.29 is 0 Å². The first-order chi connectivity index (χ1) is 8.61. The highest BCUT2D eigenvalue weighted by Crippen LogP contribution is 2.23. The minimum Gasteiger partial charge on any atom is -0.328 e. The average Bonchev–Trinajstić information content (AvgIpc) is 2.76. The second-order valence-electron chi connectivity index (χ2n) is 4.53. The summed E-state index contributed by atoms with van der Waals surface area (Å²) < 4.78 is 2.03. The van der Waals surface area contributed by atoms with Gasteiger partial charge in [-0.15, -0.1) is 0 Å². The summed E-state index contributed by atoms with van der Waals surface area (Å²) in [6.07, 6.45) is 5.45. The van der Waals surface area contributed by atoms with Crippen molar-refractivity contribution in [2.75, 3.05) is 0 Å². The molecule has 4 heteroatoms. The van der Waals surface area contributed by atoms with E-state index in [0.717, 1.165) is 34.9 Å². The lowest BCUT2D eigenvalue weighted by Crippen LogP contribution is -2.17. The zero-order valence-corrected chi connectivity index (χ0v) is 11.5. The summed E-state index contributed by atoms with van der Waals surface area (Å²) in [4.78, 5) is 4.31. The molecule has 0 saturated carbocycles. The summed E-state index contributed by atoms with van der Waals surface area (Å²) >= 11 is 6.34. The van der Waals surface area contributed by atoms with Gasteiger partial charge < -0.3 is 10.3 Å². The van der Waals surface area contributed by atoms with Gasteiger partial charge in [-0.1, -0.05) is 24.6 Å². The maximum Gasteiger partial charge on any atom is 0.112 e. The van der Waals surface area contributed by atoms with Crippen molar-refractivity contribution in [3.63, 3.8) is 0 Å². The highest BCUT2D eigenvalue weighted by atomic mass is 35.5. The van der Waals surface area contributed by atoms with Crippen LogP contribution in [0.3, 0.4) is 0 Å². The van der Waals surface area contributed by atoms with Crippen LogP contribution in [0, 0.1) is 0 Å². The van der Waals surface area contributed by atoms with E-state index in [1.165, 1.54) is 0 Å². The van der Waals surface area contributed by atoms with E-state index in [-0.39, 0.29) is 6.04 Å². The number of halogens is 1. The topological polar surface area (TPSA) is 43.8 Å². The van der Waals surface area contributed by atoms with E-state index < -0.39 is 0 Å². The molecule has 2 rings (SSSR count). The summed E-state index contributed by atoms with van der Waals surface area (Å²) in [6.45, 7) is 4.07. The number of hydrogen-bond acceptors (Lipinski definition) is 2. The first kappa shape index (κ1) is 13.1. The van der Waals surface area contributed by atoms with Crippen LogP contribution in [0.5, 0.6) is 0 Å². The minimum atomic E-state index is 0.145. The normalized spacial score (nSPS) is 12.7. The van der Waals surface area contributed by atoms with Crippen molar-refractivity contribution in [2.24, 2.45) is 5.73 Å². The second-order valence-corrected chi connectivity index (χ2v) is 4.94. The molecule has 0 bridgehead atoms. The number of hydrogen-bond donors (Lipinski definition) is 1. The number of aryl methyl sites for hydroxylation is 1. The molecule has 0 fully saturated rings. The monoisotopic (exact) mass is 263 g/mol. The van der Waals surface area contributed by atoms with E-state index in [1.54, 1.807) is 6.20 Å². The van der Waals surface area contributed by atoms with Gasteiger partial charge >= 0.3 is 0 Å². The molecule has 0 spiro atoms. The predicted molar refractivity (Wildman–Crippen MR) is 75.3 cm³/mol. The van der Waals surface area contributed by atoms with Crippen molar-refractivity contribution in [2.45, 2.75) is 32.7 Å². The number of nitrogens with two attached hydrogens (primary N) is 1. The SMILES string of the molecule is CCc1nccn1-c1ccc(CC(C)N)cc1Cl. The largest absolute Gasteiger partial charge is 0.328 e. The van der Waals surface area contributed by atoms with Gasteiger partial charge in [0.15, 0.2) is 0 Å². The Kier molecular flexibility index (Phi) is 4.04. The molecule has 1 unspecified atom stereocenters. The van der Waals surface area contributed by atoms with Gasteiger partial charge in [-0.25, -0.2) is 4.98 Å². The zero-order chi connectivity index (χ0) is 13.1. The van der Waals surface area contributed by atoms with E-state index >= 15 is 0 Å². The number of aromatic nitrogens is 2. The molecule has 0 aliphatic rings. The molecule has 1 heterocycles. The molecule has 0 aliphatic heterocycles. The molecule has 2 aromatic rings. The Morgan fingerprint density at radius 2 is 2.22 bits per heavy atom. The van der Waals surface area contributed by atoms with Gasteiger partial charge in [0.25, 0.3) is 0 Å². The van der Waals surface area contributed by atoms with Gasteiger partial charge in [0.1, 0.15) is 5.82 Å². The maximum absolute atomic E-state index is 6.34. The van der Waals surface area contributed by atoms with Crippen molar-refractivity contribution in [1.82, 2.24) is 9.55 Å². The maximum atomic E-state index is 6.34. The third-order valence-corrected chi connectivity index (χ3v) is 3.17. The second kappa shape index (κ2) is 5.55. The molecule has 3 nitrogen and oxygen atoms in total. The van der Waals surface area contributed by atoms with Gasteiger partial charge in [-0.2, -0.15) is 0 Å². The quantitative estimate of drug-likeness (QED) is 0.922. The van der Waals surface area contributed by atoms with Gasteiger partial charge in [0.2, 0.25) is 0 Å². The van der Waals surface area contributed by atoms with Crippen LogP contribution < -0.4 is 5.73 Å². The van der Waals surface area contributed by atoms with E-state index in [1.807, 2.05) is 29.8 Å². The Hall–Kier alpha value is -1.32. The third kappa shape index (κ3) is 2.74. The zero-order valence-electron chi connectivity index (χ0n) is 10.7. The van der Waals surface area contributed by atoms with Crippen LogP contribution in [0.25, 0.3) is 5.69 Å². The van der Waals surface area contributed by atoms with Crippen molar-refractivity contribution in [1.29, 1.82) is 0 Å². The van der Waals surface area contributed by atoms with Crippen LogP contribution >= 0.6 is 11.6 Å². The van der Waals surface area contributed by atoms with Gasteiger partial charge in [0.05, 0.1) is 10.7 Å². The highest BCUT2D eigenvalue weighted by Gasteiger charge is 2.08. The standard InChI is InChI=1S/C14H18ClN3/c1-3-14-17-6-7-18(14)13-5-4-11(8-10(2)16)9-12(13)15/h4-7,9-10H,3,8,16H2,1-2H3. The van der Waals surface area contributed by atoms with Crippen molar-refractivity contribution in [3.05, 3.63) is 47.0 Å². The van der Waals surface area contributed by atoms with Crippen molar-refractivity contribution in [3.8, 4) is 5.69 Å². The molecule has 1 aromatic carbocycles. The molecule has 0 radical (unpaired) electrons. The van der Waals surface area contributed by atoms with Gasteiger partial charge in [-0.05, 0) is 31.0 Å². The summed E-state index contributed by atoms with van der Waals surface area (Å²) in [6, 6.07) is 6.23. The van der Waals surface area contributed by atoms with Crippen LogP contribution in [-0.4, -0.2) is 15.6 Å². The fourth-order valence-electron chi connectivity index (χ4n) is 2.06. The van der Waals surface area contributed by atoms with E-state index in [0.29, 0.717) is 0 Å². The van der Waals surface area contributed by atoms with E-state index in [4.69, 9.17) is 17.3 Å². The Morgan fingerprint density at radius 1 is 1.44 bits per heavy atom. The fourth-order valence-corrected chi connectivity index (χ4v) is 2.35.